The summed E-state index contributed by atoms with van der Waals surface area (Å²) in [6.45, 7) is 3.59. The summed E-state index contributed by atoms with van der Waals surface area (Å²) in [4.78, 5) is 15.0. The van der Waals surface area contributed by atoms with Gasteiger partial charge in [-0.3, -0.25) is 4.79 Å². The maximum absolute atomic E-state index is 11.3. The number of rotatable bonds is 2. The van der Waals surface area contributed by atoms with Crippen LogP contribution in [-0.4, -0.2) is 15.7 Å². The molecule has 3 nitrogen and oxygen atoms in total. The summed E-state index contributed by atoms with van der Waals surface area (Å²) in [6.07, 6.45) is 1.53. The van der Waals surface area contributed by atoms with E-state index in [0.29, 0.717) is 10.8 Å². The number of anilines is 1. The smallest absolute Gasteiger partial charge is 0.237 e. The molecule has 1 unspecified atom stereocenters. The predicted molar refractivity (Wildman–Crippen MR) is 61.0 cm³/mol. The molecule has 0 radical (unpaired) electrons. The van der Waals surface area contributed by atoms with Crippen molar-refractivity contribution < 1.29 is 4.79 Å². The monoisotopic (exact) mass is 276 g/mol. The predicted octanol–water partition coefficient (Wildman–Crippen LogP) is 2.77. The van der Waals surface area contributed by atoms with Crippen molar-refractivity contribution in [3.05, 3.63) is 23.0 Å². The molecule has 1 aromatic heterocycles. The van der Waals surface area contributed by atoms with Crippen LogP contribution in [0.2, 0.25) is 5.15 Å². The molecule has 0 aliphatic rings. The Balaban J connectivity index is 2.78. The van der Waals surface area contributed by atoms with Crippen molar-refractivity contribution in [1.29, 1.82) is 0 Å². The Morgan fingerprint density at radius 1 is 1.71 bits per heavy atom. The van der Waals surface area contributed by atoms with Gasteiger partial charge in [0.05, 0.1) is 16.7 Å². The summed E-state index contributed by atoms with van der Waals surface area (Å²) in [6, 6.07) is 1.78. The Morgan fingerprint density at radius 3 is 2.86 bits per heavy atom. The van der Waals surface area contributed by atoms with E-state index in [-0.39, 0.29) is 10.7 Å². The fraction of sp³-hybridized carbons (Fsp3) is 0.333. The first kappa shape index (κ1) is 11.5. The van der Waals surface area contributed by atoms with Gasteiger partial charge < -0.3 is 5.32 Å². The number of hydrogen-bond donors (Lipinski definition) is 1. The van der Waals surface area contributed by atoms with Crippen LogP contribution >= 0.6 is 27.5 Å². The van der Waals surface area contributed by atoms with E-state index in [9.17, 15) is 4.79 Å². The molecule has 0 aliphatic carbocycles. The molecule has 1 rings (SSSR count). The second-order valence-electron chi connectivity index (χ2n) is 2.94. The summed E-state index contributed by atoms with van der Waals surface area (Å²) in [5.74, 6) is -0.103. The molecule has 0 bridgehead atoms. The van der Waals surface area contributed by atoms with E-state index < -0.39 is 0 Å². The molecule has 5 heteroatoms. The van der Waals surface area contributed by atoms with Crippen LogP contribution in [-0.2, 0) is 4.79 Å². The largest absolute Gasteiger partial charge is 0.324 e. The molecule has 1 heterocycles. The Kier molecular flexibility index (Phi) is 3.89. The normalized spacial score (nSPS) is 12.3. The number of alkyl halides is 1. The highest BCUT2D eigenvalue weighted by molar-refractivity contribution is 9.10. The van der Waals surface area contributed by atoms with E-state index in [1.54, 1.807) is 13.0 Å². The second kappa shape index (κ2) is 4.75. The van der Waals surface area contributed by atoms with Crippen LogP contribution < -0.4 is 5.32 Å². The number of halogens is 2. The molecule has 0 spiro atoms. The minimum absolute atomic E-state index is 0.103. The van der Waals surface area contributed by atoms with E-state index >= 15 is 0 Å². The zero-order valence-corrected chi connectivity index (χ0v) is 10.2. The highest BCUT2D eigenvalue weighted by atomic mass is 79.9. The Bertz CT molecular complexity index is 355. The van der Waals surface area contributed by atoms with Gasteiger partial charge in [0.15, 0.2) is 0 Å². The lowest BCUT2D eigenvalue weighted by Gasteiger charge is -2.07. The van der Waals surface area contributed by atoms with Crippen LogP contribution in [0.3, 0.4) is 0 Å². The van der Waals surface area contributed by atoms with E-state index in [2.05, 4.69) is 26.2 Å². The number of carbonyl (C=O) groups excluding carboxylic acids is 1. The molecule has 0 saturated heterocycles. The number of hydrogen-bond acceptors (Lipinski definition) is 2. The summed E-state index contributed by atoms with van der Waals surface area (Å²) in [5, 5.41) is 3.16. The zero-order chi connectivity index (χ0) is 10.7. The van der Waals surface area contributed by atoms with E-state index in [4.69, 9.17) is 11.6 Å². The fourth-order valence-corrected chi connectivity index (χ4v) is 1.09. The van der Waals surface area contributed by atoms with Crippen molar-refractivity contribution in [3.8, 4) is 0 Å². The Morgan fingerprint density at radius 2 is 2.36 bits per heavy atom. The van der Waals surface area contributed by atoms with Gasteiger partial charge in [-0.2, -0.15) is 0 Å². The number of amides is 1. The quantitative estimate of drug-likeness (QED) is 0.667. The van der Waals surface area contributed by atoms with Crippen molar-refractivity contribution in [2.45, 2.75) is 18.7 Å². The van der Waals surface area contributed by atoms with Gasteiger partial charge in [0, 0.05) is 0 Å². The van der Waals surface area contributed by atoms with Gasteiger partial charge in [0.1, 0.15) is 5.15 Å². The first-order valence-electron chi connectivity index (χ1n) is 4.08. The van der Waals surface area contributed by atoms with Crippen molar-refractivity contribution in [3.63, 3.8) is 0 Å². The summed E-state index contributed by atoms with van der Waals surface area (Å²) in [7, 11) is 0. The van der Waals surface area contributed by atoms with Crippen molar-refractivity contribution in [2.24, 2.45) is 0 Å². The van der Waals surface area contributed by atoms with Gasteiger partial charge in [-0.15, -0.1) is 0 Å². The molecule has 76 valence electrons. The third-order valence-electron chi connectivity index (χ3n) is 1.64. The minimum Gasteiger partial charge on any atom is -0.324 e. The van der Waals surface area contributed by atoms with Gasteiger partial charge in [-0.1, -0.05) is 27.5 Å². The van der Waals surface area contributed by atoms with Crippen LogP contribution in [0.4, 0.5) is 5.69 Å². The lowest BCUT2D eigenvalue weighted by molar-refractivity contribution is -0.115. The van der Waals surface area contributed by atoms with E-state index in [0.717, 1.165) is 5.56 Å². The number of aromatic nitrogens is 1. The molecule has 1 amide bonds. The third-order valence-corrected chi connectivity index (χ3v) is 2.45. The molecule has 0 fully saturated rings. The lowest BCUT2D eigenvalue weighted by Crippen LogP contribution is -2.20. The highest BCUT2D eigenvalue weighted by Crippen LogP contribution is 2.16. The molecule has 14 heavy (non-hydrogen) atoms. The molecular weight excluding hydrogens is 267 g/mol. The maximum atomic E-state index is 11.3. The molecular formula is C9H10BrClN2O. The van der Waals surface area contributed by atoms with Crippen LogP contribution in [0.1, 0.15) is 12.5 Å². The van der Waals surface area contributed by atoms with Gasteiger partial charge in [-0.25, -0.2) is 4.98 Å². The number of nitrogens with zero attached hydrogens (tertiary/aromatic N) is 1. The van der Waals surface area contributed by atoms with Crippen LogP contribution in [0.5, 0.6) is 0 Å². The average Bonchev–Trinajstić information content (AvgIpc) is 2.11. The van der Waals surface area contributed by atoms with E-state index in [1.165, 1.54) is 6.20 Å². The fourth-order valence-electron chi connectivity index (χ4n) is 0.868. The number of pyridine rings is 1. The maximum Gasteiger partial charge on any atom is 0.237 e. The molecule has 1 N–H and O–H groups in total. The first-order chi connectivity index (χ1) is 6.50. The molecule has 0 saturated carbocycles. The number of nitrogens with one attached hydrogen (secondary N) is 1. The van der Waals surface area contributed by atoms with Crippen molar-refractivity contribution in [1.82, 2.24) is 4.98 Å². The van der Waals surface area contributed by atoms with Crippen LogP contribution in [0, 0.1) is 6.92 Å². The van der Waals surface area contributed by atoms with Gasteiger partial charge in [0.25, 0.3) is 0 Å². The third kappa shape index (κ3) is 2.96. The molecule has 1 aromatic rings. The van der Waals surface area contributed by atoms with Crippen LogP contribution in [0.25, 0.3) is 0 Å². The number of aryl methyl sites for hydroxylation is 1. The second-order valence-corrected chi connectivity index (χ2v) is 4.67. The Labute approximate surface area is 96.0 Å². The summed E-state index contributed by atoms with van der Waals surface area (Å²) in [5.41, 5.74) is 1.50. The zero-order valence-electron chi connectivity index (χ0n) is 7.84. The number of carbonyl (C=O) groups is 1. The van der Waals surface area contributed by atoms with Crippen molar-refractivity contribution >= 4 is 39.1 Å². The van der Waals surface area contributed by atoms with Gasteiger partial charge >= 0.3 is 0 Å². The van der Waals surface area contributed by atoms with Crippen molar-refractivity contribution in [2.75, 3.05) is 5.32 Å². The minimum atomic E-state index is -0.224. The molecule has 1 atom stereocenters. The SMILES string of the molecule is Cc1cc(NC(=O)C(C)Br)cnc1Cl. The van der Waals surface area contributed by atoms with E-state index in [1.807, 2.05) is 6.92 Å². The Hall–Kier alpha value is -0.610. The summed E-state index contributed by atoms with van der Waals surface area (Å²) < 4.78 is 0. The van der Waals surface area contributed by atoms with Gasteiger partial charge in [-0.05, 0) is 25.5 Å². The van der Waals surface area contributed by atoms with Crippen LogP contribution in [0.15, 0.2) is 12.3 Å². The van der Waals surface area contributed by atoms with Gasteiger partial charge in [0.2, 0.25) is 5.91 Å². The first-order valence-corrected chi connectivity index (χ1v) is 5.37. The lowest BCUT2D eigenvalue weighted by atomic mass is 10.3. The standard InChI is InChI=1S/C9H10BrClN2O/c1-5-3-7(4-12-8(5)11)13-9(14)6(2)10/h3-4,6H,1-2H3,(H,13,14). The highest BCUT2D eigenvalue weighted by Gasteiger charge is 2.09. The topological polar surface area (TPSA) is 42.0 Å². The average molecular weight is 278 g/mol. The summed E-state index contributed by atoms with van der Waals surface area (Å²) >= 11 is 8.92. The molecule has 0 aliphatic heterocycles. The molecule has 0 aromatic carbocycles.